The highest BCUT2D eigenvalue weighted by Crippen LogP contribution is 2.27. The average molecular weight is 419 g/mol. The first-order valence-electron chi connectivity index (χ1n) is 10.2. The smallest absolute Gasteiger partial charge is 0.200 e. The highest BCUT2D eigenvalue weighted by Gasteiger charge is 2.22. The number of fused-ring (bicyclic) bond motifs is 2. The number of nitrogens with two attached hydrogens (primary N) is 1. The Balaban J connectivity index is 1.68. The van der Waals surface area contributed by atoms with E-state index in [2.05, 4.69) is 0 Å². The molecule has 160 valence electrons. The van der Waals surface area contributed by atoms with Crippen molar-refractivity contribution in [2.45, 2.75) is 25.3 Å². The summed E-state index contributed by atoms with van der Waals surface area (Å²) in [5, 5.41) is 19.7. The molecule has 0 fully saturated rings. The van der Waals surface area contributed by atoms with E-state index in [0.717, 1.165) is 11.1 Å². The molecular weight excluding hydrogens is 394 g/mol. The predicted molar refractivity (Wildman–Crippen MR) is 121 cm³/mol. The first-order valence-corrected chi connectivity index (χ1v) is 10.2. The normalized spacial score (nSPS) is 11.9. The summed E-state index contributed by atoms with van der Waals surface area (Å²) in [6, 6.07) is 18.3. The Kier molecular flexibility index (Phi) is 5.78. The van der Waals surface area contributed by atoms with Crippen molar-refractivity contribution in [2.24, 2.45) is 5.73 Å². The summed E-state index contributed by atoms with van der Waals surface area (Å²) in [4.78, 5) is 12.9. The number of aliphatic hydroxyl groups is 2. The molecule has 0 radical (unpaired) electrons. The van der Waals surface area contributed by atoms with Gasteiger partial charge in [0.1, 0.15) is 22.7 Å². The van der Waals surface area contributed by atoms with Crippen molar-refractivity contribution in [1.29, 1.82) is 0 Å². The molecule has 6 nitrogen and oxygen atoms in total. The van der Waals surface area contributed by atoms with Gasteiger partial charge in [-0.1, -0.05) is 18.2 Å². The van der Waals surface area contributed by atoms with Gasteiger partial charge in [-0.05, 0) is 67.3 Å². The zero-order valence-electron chi connectivity index (χ0n) is 17.3. The quantitative estimate of drug-likeness (QED) is 0.395. The molecule has 0 aliphatic heterocycles. The number of aryl methyl sites for hydroxylation is 2. The molecule has 6 heteroatoms. The third-order valence-corrected chi connectivity index (χ3v) is 5.47. The van der Waals surface area contributed by atoms with Gasteiger partial charge in [0.25, 0.3) is 0 Å². The Hall–Kier alpha value is -3.19. The van der Waals surface area contributed by atoms with E-state index in [1.54, 1.807) is 30.3 Å². The van der Waals surface area contributed by atoms with Crippen molar-refractivity contribution in [3.05, 3.63) is 82.0 Å². The summed E-state index contributed by atoms with van der Waals surface area (Å²) in [5.74, 6) is 1.29. The van der Waals surface area contributed by atoms with E-state index in [4.69, 9.17) is 14.9 Å². The van der Waals surface area contributed by atoms with Gasteiger partial charge in [-0.2, -0.15) is 0 Å². The average Bonchev–Trinajstić information content (AvgIpc) is 2.77. The van der Waals surface area contributed by atoms with Crippen molar-refractivity contribution < 1.29 is 19.4 Å². The maximum absolute atomic E-state index is 12.9. The molecule has 31 heavy (non-hydrogen) atoms. The number of ether oxygens (including phenoxy) is 1. The maximum atomic E-state index is 12.9. The van der Waals surface area contributed by atoms with Crippen LogP contribution in [0.1, 0.15) is 17.5 Å². The first kappa shape index (κ1) is 21.1. The molecule has 4 aromatic rings. The third kappa shape index (κ3) is 4.46. The van der Waals surface area contributed by atoms with Crippen LogP contribution in [0.4, 0.5) is 0 Å². The Morgan fingerprint density at radius 3 is 2.32 bits per heavy atom. The maximum Gasteiger partial charge on any atom is 0.200 e. The molecule has 0 aliphatic carbocycles. The van der Waals surface area contributed by atoms with E-state index in [-0.39, 0.29) is 18.6 Å². The molecule has 0 amide bonds. The SMILES string of the molecule is Cc1cccc(Oc2ccc3c(=O)c4ccc(CCC(N)(CO)CO)cc4oc3c2)c1. The lowest BCUT2D eigenvalue weighted by atomic mass is 9.93. The molecule has 0 atom stereocenters. The van der Waals surface area contributed by atoms with Crippen LogP contribution in [0.5, 0.6) is 11.5 Å². The topological polar surface area (TPSA) is 106 Å². The van der Waals surface area contributed by atoms with Crippen LogP contribution in [-0.4, -0.2) is 29.0 Å². The summed E-state index contributed by atoms with van der Waals surface area (Å²) in [5.41, 5.74) is 7.72. The Labute approximate surface area is 179 Å². The van der Waals surface area contributed by atoms with E-state index >= 15 is 0 Å². The molecule has 3 aromatic carbocycles. The minimum Gasteiger partial charge on any atom is -0.457 e. The molecule has 0 saturated carbocycles. The lowest BCUT2D eigenvalue weighted by molar-refractivity contribution is 0.115. The number of aliphatic hydroxyl groups excluding tert-OH is 2. The number of benzene rings is 3. The van der Waals surface area contributed by atoms with Gasteiger partial charge < -0.3 is 25.1 Å². The van der Waals surface area contributed by atoms with Gasteiger partial charge in [0.05, 0.1) is 29.5 Å². The Morgan fingerprint density at radius 1 is 0.935 bits per heavy atom. The largest absolute Gasteiger partial charge is 0.457 e. The number of hydrogen-bond acceptors (Lipinski definition) is 6. The predicted octanol–water partition coefficient (Wildman–Crippen LogP) is 3.66. The van der Waals surface area contributed by atoms with E-state index < -0.39 is 5.54 Å². The molecule has 0 unspecified atom stereocenters. The zero-order valence-corrected chi connectivity index (χ0v) is 17.3. The highest BCUT2D eigenvalue weighted by molar-refractivity contribution is 5.90. The summed E-state index contributed by atoms with van der Waals surface area (Å²) < 4.78 is 12.0. The lowest BCUT2D eigenvalue weighted by Crippen LogP contribution is -2.47. The fourth-order valence-electron chi connectivity index (χ4n) is 3.51. The monoisotopic (exact) mass is 419 g/mol. The van der Waals surface area contributed by atoms with Crippen LogP contribution in [0.25, 0.3) is 21.9 Å². The van der Waals surface area contributed by atoms with Crippen LogP contribution in [0.15, 0.2) is 69.9 Å². The van der Waals surface area contributed by atoms with E-state index in [0.29, 0.717) is 46.3 Å². The van der Waals surface area contributed by atoms with Crippen LogP contribution in [0.3, 0.4) is 0 Å². The molecule has 1 heterocycles. The second-order valence-electron chi connectivity index (χ2n) is 8.02. The molecule has 4 rings (SSSR count). The van der Waals surface area contributed by atoms with Gasteiger partial charge in [0.2, 0.25) is 5.43 Å². The Morgan fingerprint density at radius 2 is 1.61 bits per heavy atom. The van der Waals surface area contributed by atoms with Gasteiger partial charge in [-0.25, -0.2) is 0 Å². The van der Waals surface area contributed by atoms with Gasteiger partial charge in [-0.3, -0.25) is 4.79 Å². The molecule has 0 saturated heterocycles. The van der Waals surface area contributed by atoms with E-state index in [1.165, 1.54) is 0 Å². The molecule has 0 bridgehead atoms. The van der Waals surface area contributed by atoms with Crippen molar-refractivity contribution in [2.75, 3.05) is 13.2 Å². The first-order chi connectivity index (χ1) is 14.9. The molecular formula is C25H25NO5. The van der Waals surface area contributed by atoms with Crippen LogP contribution < -0.4 is 15.9 Å². The van der Waals surface area contributed by atoms with Crippen LogP contribution >= 0.6 is 0 Å². The number of rotatable bonds is 7. The summed E-state index contributed by atoms with van der Waals surface area (Å²) >= 11 is 0. The van der Waals surface area contributed by atoms with Crippen molar-refractivity contribution in [3.8, 4) is 11.5 Å². The molecule has 4 N–H and O–H groups in total. The standard InChI is InChI=1S/C25H25NO5/c1-16-3-2-4-18(11-16)30-19-6-8-21-23(13-19)31-22-12-17(5-7-20(22)24(21)29)9-10-25(26,14-27)15-28/h2-8,11-13,27-28H,9-10,14-15,26H2,1H3. The van der Waals surface area contributed by atoms with Crippen LogP contribution in [0, 0.1) is 6.92 Å². The van der Waals surface area contributed by atoms with Gasteiger partial charge in [0.15, 0.2) is 0 Å². The highest BCUT2D eigenvalue weighted by atomic mass is 16.5. The van der Waals surface area contributed by atoms with E-state index in [1.807, 2.05) is 37.3 Å². The minimum atomic E-state index is -1.04. The van der Waals surface area contributed by atoms with Crippen molar-refractivity contribution >= 4 is 21.9 Å². The summed E-state index contributed by atoms with van der Waals surface area (Å²) in [7, 11) is 0. The minimum absolute atomic E-state index is 0.108. The fraction of sp³-hybridized carbons (Fsp3) is 0.240. The molecule has 0 spiro atoms. The number of hydrogen-bond donors (Lipinski definition) is 3. The zero-order chi connectivity index (χ0) is 22.0. The molecule has 1 aromatic heterocycles. The van der Waals surface area contributed by atoms with Crippen LogP contribution in [-0.2, 0) is 6.42 Å². The summed E-state index contributed by atoms with van der Waals surface area (Å²) in [6.07, 6.45) is 0.934. The Bertz CT molecular complexity index is 1290. The summed E-state index contributed by atoms with van der Waals surface area (Å²) in [6.45, 7) is 1.38. The van der Waals surface area contributed by atoms with Crippen LogP contribution in [0.2, 0.25) is 0 Å². The second-order valence-corrected chi connectivity index (χ2v) is 8.02. The van der Waals surface area contributed by atoms with Gasteiger partial charge >= 0.3 is 0 Å². The fourth-order valence-corrected chi connectivity index (χ4v) is 3.51. The third-order valence-electron chi connectivity index (χ3n) is 5.47. The second kappa shape index (κ2) is 8.51. The lowest BCUT2D eigenvalue weighted by Gasteiger charge is -2.24. The van der Waals surface area contributed by atoms with Gasteiger partial charge in [0, 0.05) is 6.07 Å². The van der Waals surface area contributed by atoms with Gasteiger partial charge in [-0.15, -0.1) is 0 Å². The molecule has 0 aliphatic rings. The van der Waals surface area contributed by atoms with E-state index in [9.17, 15) is 15.0 Å². The van der Waals surface area contributed by atoms with Crippen molar-refractivity contribution in [3.63, 3.8) is 0 Å². The van der Waals surface area contributed by atoms with Crippen molar-refractivity contribution in [1.82, 2.24) is 0 Å².